The maximum atomic E-state index is 13.3. The summed E-state index contributed by atoms with van der Waals surface area (Å²) in [6.45, 7) is 4.00. The van der Waals surface area contributed by atoms with Gasteiger partial charge in [-0.2, -0.15) is 0 Å². The molecule has 1 fully saturated rings. The van der Waals surface area contributed by atoms with Crippen LogP contribution in [-0.4, -0.2) is 60.1 Å². The molecule has 1 aliphatic rings. The van der Waals surface area contributed by atoms with Gasteiger partial charge in [-0.25, -0.2) is 4.98 Å². The first-order valence-electron chi connectivity index (χ1n) is 9.44. The number of nitro groups is 1. The molecule has 0 atom stereocenters. The number of non-ortho nitro benzene ring substituents is 1. The number of carbonyl (C=O) groups is 1. The van der Waals surface area contributed by atoms with Crippen molar-refractivity contribution >= 4 is 49.9 Å². The number of nitro benzene ring substituents is 1. The van der Waals surface area contributed by atoms with Crippen LogP contribution in [0.3, 0.4) is 0 Å². The Balaban J connectivity index is 1.65. The van der Waals surface area contributed by atoms with Gasteiger partial charge in [0.2, 0.25) is 0 Å². The fraction of sp³-hybridized carbons (Fsp3) is 0.300. The number of rotatable bonds is 6. The zero-order chi connectivity index (χ0) is 21.1. The molecule has 0 aliphatic carbocycles. The van der Waals surface area contributed by atoms with E-state index in [0.29, 0.717) is 36.5 Å². The second kappa shape index (κ2) is 9.05. The zero-order valence-electron chi connectivity index (χ0n) is 16.0. The lowest BCUT2D eigenvalue weighted by Gasteiger charge is -2.29. The molecule has 10 heteroatoms. The van der Waals surface area contributed by atoms with Gasteiger partial charge in [0.05, 0.1) is 28.4 Å². The highest BCUT2D eigenvalue weighted by molar-refractivity contribution is 7.22. The van der Waals surface area contributed by atoms with Crippen molar-refractivity contribution < 1.29 is 14.5 Å². The maximum absolute atomic E-state index is 13.3. The van der Waals surface area contributed by atoms with Crippen LogP contribution < -0.4 is 4.90 Å². The summed E-state index contributed by atoms with van der Waals surface area (Å²) in [6, 6.07) is 11.2. The molecule has 8 nitrogen and oxygen atoms in total. The van der Waals surface area contributed by atoms with Gasteiger partial charge in [-0.05, 0) is 24.3 Å². The zero-order valence-corrected chi connectivity index (χ0v) is 17.6. The van der Waals surface area contributed by atoms with Gasteiger partial charge in [0.1, 0.15) is 0 Å². The van der Waals surface area contributed by atoms with E-state index < -0.39 is 4.92 Å². The summed E-state index contributed by atoms with van der Waals surface area (Å²) in [5, 5.41) is 12.3. The van der Waals surface area contributed by atoms with Crippen molar-refractivity contribution in [2.24, 2.45) is 0 Å². The van der Waals surface area contributed by atoms with Crippen LogP contribution in [0.15, 0.2) is 42.5 Å². The van der Waals surface area contributed by atoms with Gasteiger partial charge in [0, 0.05) is 48.9 Å². The van der Waals surface area contributed by atoms with E-state index in [1.54, 1.807) is 17.0 Å². The van der Waals surface area contributed by atoms with E-state index in [2.05, 4.69) is 9.88 Å². The van der Waals surface area contributed by atoms with Crippen molar-refractivity contribution in [2.75, 3.05) is 44.3 Å². The molecule has 0 N–H and O–H groups in total. The number of hydrogen-bond acceptors (Lipinski definition) is 7. The number of morpholine rings is 1. The average molecular weight is 447 g/mol. The minimum absolute atomic E-state index is 0.120. The number of thiazole rings is 1. The third-order valence-corrected chi connectivity index (χ3v) is 6.14. The van der Waals surface area contributed by atoms with Gasteiger partial charge in [-0.15, -0.1) is 0 Å². The minimum Gasteiger partial charge on any atom is -0.379 e. The predicted molar refractivity (Wildman–Crippen MR) is 117 cm³/mol. The summed E-state index contributed by atoms with van der Waals surface area (Å²) in [5.74, 6) is -0.322. The van der Waals surface area contributed by atoms with E-state index in [1.807, 2.05) is 12.1 Å². The van der Waals surface area contributed by atoms with E-state index in [-0.39, 0.29) is 17.2 Å². The van der Waals surface area contributed by atoms with Crippen molar-refractivity contribution in [1.29, 1.82) is 0 Å². The van der Waals surface area contributed by atoms with Gasteiger partial charge < -0.3 is 4.74 Å². The number of ether oxygens (including phenoxy) is 1. The second-order valence-electron chi connectivity index (χ2n) is 6.83. The van der Waals surface area contributed by atoms with Crippen molar-refractivity contribution in [3.8, 4) is 0 Å². The highest BCUT2D eigenvalue weighted by Crippen LogP contribution is 2.31. The number of amides is 1. The van der Waals surface area contributed by atoms with Crippen LogP contribution in [0.5, 0.6) is 0 Å². The number of carbonyl (C=O) groups excluding carboxylic acids is 1. The van der Waals surface area contributed by atoms with Crippen LogP contribution in [0, 0.1) is 10.1 Å². The number of anilines is 1. The van der Waals surface area contributed by atoms with Crippen LogP contribution >= 0.6 is 22.9 Å². The fourth-order valence-electron chi connectivity index (χ4n) is 3.26. The van der Waals surface area contributed by atoms with Crippen molar-refractivity contribution in [1.82, 2.24) is 9.88 Å². The molecule has 2 heterocycles. The summed E-state index contributed by atoms with van der Waals surface area (Å²) < 4.78 is 6.26. The minimum atomic E-state index is -0.505. The van der Waals surface area contributed by atoms with Gasteiger partial charge in [0.15, 0.2) is 5.13 Å². The molecule has 156 valence electrons. The molecule has 0 saturated carbocycles. The predicted octanol–water partition coefficient (Wildman–Crippen LogP) is 3.84. The van der Waals surface area contributed by atoms with Crippen molar-refractivity contribution in [3.05, 3.63) is 63.2 Å². The topological polar surface area (TPSA) is 88.8 Å². The third-order valence-electron chi connectivity index (χ3n) is 4.86. The maximum Gasteiger partial charge on any atom is 0.270 e. The summed E-state index contributed by atoms with van der Waals surface area (Å²) >= 11 is 7.46. The Morgan fingerprint density at radius 2 is 2.07 bits per heavy atom. The van der Waals surface area contributed by atoms with E-state index in [1.165, 1.54) is 29.5 Å². The van der Waals surface area contributed by atoms with Crippen LogP contribution in [0.2, 0.25) is 5.02 Å². The molecule has 4 rings (SSSR count). The van der Waals surface area contributed by atoms with E-state index in [0.717, 1.165) is 23.3 Å². The molecule has 1 amide bonds. The van der Waals surface area contributed by atoms with Crippen LogP contribution in [-0.2, 0) is 4.74 Å². The third kappa shape index (κ3) is 4.59. The highest BCUT2D eigenvalue weighted by atomic mass is 35.5. The number of aromatic nitrogens is 1. The summed E-state index contributed by atoms with van der Waals surface area (Å²) in [7, 11) is 0. The molecular formula is C20H19ClN4O4S. The molecule has 2 aromatic carbocycles. The fourth-order valence-corrected chi connectivity index (χ4v) is 4.53. The molecular weight excluding hydrogens is 428 g/mol. The summed E-state index contributed by atoms with van der Waals surface area (Å²) in [4.78, 5) is 32.4. The molecule has 1 saturated heterocycles. The normalized spacial score (nSPS) is 14.7. The molecule has 0 radical (unpaired) electrons. The molecule has 0 spiro atoms. The molecule has 3 aromatic rings. The average Bonchev–Trinajstić information content (AvgIpc) is 3.17. The molecule has 0 bridgehead atoms. The number of halogens is 1. The van der Waals surface area contributed by atoms with Crippen LogP contribution in [0.4, 0.5) is 10.8 Å². The van der Waals surface area contributed by atoms with Gasteiger partial charge in [-0.3, -0.25) is 24.7 Å². The second-order valence-corrected chi connectivity index (χ2v) is 8.27. The molecule has 0 unspecified atom stereocenters. The van der Waals surface area contributed by atoms with E-state index in [9.17, 15) is 14.9 Å². The van der Waals surface area contributed by atoms with Gasteiger partial charge >= 0.3 is 0 Å². The Morgan fingerprint density at radius 1 is 1.27 bits per heavy atom. The summed E-state index contributed by atoms with van der Waals surface area (Å²) in [6.07, 6.45) is 0. The monoisotopic (exact) mass is 446 g/mol. The first-order chi connectivity index (χ1) is 14.5. The SMILES string of the molecule is O=C(c1cccc([N+](=O)[O-])c1)N(CCN1CCOCC1)c1nc2ccc(Cl)cc2s1. The summed E-state index contributed by atoms with van der Waals surface area (Å²) in [5.41, 5.74) is 0.885. The Morgan fingerprint density at radius 3 is 2.83 bits per heavy atom. The number of fused-ring (bicyclic) bond motifs is 1. The van der Waals surface area contributed by atoms with Crippen molar-refractivity contribution in [2.45, 2.75) is 0 Å². The molecule has 1 aliphatic heterocycles. The number of nitrogens with zero attached hydrogens (tertiary/aromatic N) is 4. The Bertz CT molecular complexity index is 1080. The smallest absolute Gasteiger partial charge is 0.270 e. The molecule has 30 heavy (non-hydrogen) atoms. The van der Waals surface area contributed by atoms with Crippen LogP contribution in [0.1, 0.15) is 10.4 Å². The highest BCUT2D eigenvalue weighted by Gasteiger charge is 2.24. The van der Waals surface area contributed by atoms with Gasteiger partial charge in [0.25, 0.3) is 11.6 Å². The first-order valence-corrected chi connectivity index (χ1v) is 10.6. The largest absolute Gasteiger partial charge is 0.379 e. The number of hydrogen-bond donors (Lipinski definition) is 0. The Hall–Kier alpha value is -2.59. The van der Waals surface area contributed by atoms with E-state index in [4.69, 9.17) is 16.3 Å². The lowest BCUT2D eigenvalue weighted by atomic mass is 10.2. The standard InChI is InChI=1S/C20H19ClN4O4S/c21-15-4-5-17-18(13-15)30-20(22-17)24(7-6-23-8-10-29-11-9-23)19(26)14-2-1-3-16(12-14)25(27)28/h1-5,12-13H,6-11H2. The lowest BCUT2D eigenvalue weighted by molar-refractivity contribution is -0.384. The van der Waals surface area contributed by atoms with E-state index >= 15 is 0 Å². The van der Waals surface area contributed by atoms with Crippen LogP contribution in [0.25, 0.3) is 10.2 Å². The number of benzene rings is 2. The Labute approximate surface area is 181 Å². The van der Waals surface area contributed by atoms with Gasteiger partial charge in [-0.1, -0.05) is 29.0 Å². The quantitative estimate of drug-likeness (QED) is 0.422. The Kier molecular flexibility index (Phi) is 6.24. The molecule has 1 aromatic heterocycles. The first kappa shape index (κ1) is 20.7. The lowest BCUT2D eigenvalue weighted by Crippen LogP contribution is -2.43. The van der Waals surface area contributed by atoms with Crippen molar-refractivity contribution in [3.63, 3.8) is 0 Å².